The molecule has 0 saturated heterocycles. The zero-order valence-electron chi connectivity index (χ0n) is 13.4. The number of nitrogens with one attached hydrogen (secondary N) is 1. The summed E-state index contributed by atoms with van der Waals surface area (Å²) in [6, 6.07) is 0.999. The van der Waals surface area contributed by atoms with E-state index in [2.05, 4.69) is 20.3 Å². The summed E-state index contributed by atoms with van der Waals surface area (Å²) in [5, 5.41) is 3.15. The third-order valence-corrected chi connectivity index (χ3v) is 3.39. The maximum absolute atomic E-state index is 12.8. The second-order valence-electron chi connectivity index (χ2n) is 5.44. The topological polar surface area (TPSA) is 55.6 Å². The van der Waals surface area contributed by atoms with E-state index in [0.717, 1.165) is 18.3 Å². The number of hydrogen-bond acceptors (Lipinski definition) is 4. The number of hydrogen-bond donors (Lipinski definition) is 1. The van der Waals surface area contributed by atoms with Crippen LogP contribution in [0.4, 0.5) is 13.2 Å². The second-order valence-corrected chi connectivity index (χ2v) is 5.44. The molecule has 0 aliphatic carbocycles. The highest BCUT2D eigenvalue weighted by Crippen LogP contribution is 2.27. The highest BCUT2D eigenvalue weighted by atomic mass is 19.4. The van der Waals surface area contributed by atoms with Gasteiger partial charge >= 0.3 is 6.18 Å². The van der Waals surface area contributed by atoms with Gasteiger partial charge in [-0.05, 0) is 19.9 Å². The zero-order chi connectivity index (χ0) is 17.0. The lowest BCUT2D eigenvalue weighted by atomic mass is 10.3. The Labute approximate surface area is 133 Å². The Hall–Kier alpha value is -1.96. The van der Waals surface area contributed by atoms with E-state index in [1.165, 1.54) is 6.92 Å². The monoisotopic (exact) mass is 327 g/mol. The predicted molar refractivity (Wildman–Crippen MR) is 79.7 cm³/mol. The average molecular weight is 327 g/mol. The molecular formula is C15H20F3N5. The van der Waals surface area contributed by atoms with Gasteiger partial charge in [-0.25, -0.2) is 15.0 Å². The highest BCUT2D eigenvalue weighted by Gasteiger charge is 2.33. The van der Waals surface area contributed by atoms with Gasteiger partial charge < -0.3 is 9.88 Å². The van der Waals surface area contributed by atoms with Crippen LogP contribution in [0.3, 0.4) is 0 Å². The average Bonchev–Trinajstić information content (AvgIpc) is 2.91. The lowest BCUT2D eigenvalue weighted by molar-refractivity contribution is -0.141. The number of halogens is 3. The van der Waals surface area contributed by atoms with Crippen LogP contribution < -0.4 is 5.32 Å². The van der Waals surface area contributed by atoms with Crippen molar-refractivity contribution in [1.82, 2.24) is 24.8 Å². The van der Waals surface area contributed by atoms with Crippen molar-refractivity contribution in [3.63, 3.8) is 0 Å². The van der Waals surface area contributed by atoms with E-state index >= 15 is 0 Å². The minimum Gasteiger partial charge on any atom is -0.333 e. The number of aryl methyl sites for hydroxylation is 2. The molecule has 2 aromatic rings. The van der Waals surface area contributed by atoms with Crippen LogP contribution in [0.1, 0.15) is 36.9 Å². The summed E-state index contributed by atoms with van der Waals surface area (Å²) in [5.74, 6) is 1.12. The van der Waals surface area contributed by atoms with Gasteiger partial charge in [0, 0.05) is 37.1 Å². The molecule has 0 aliphatic rings. The van der Waals surface area contributed by atoms with Gasteiger partial charge in [0.1, 0.15) is 17.3 Å². The fourth-order valence-corrected chi connectivity index (χ4v) is 2.30. The molecule has 8 heteroatoms. The molecule has 0 aliphatic heterocycles. The van der Waals surface area contributed by atoms with E-state index in [9.17, 15) is 13.2 Å². The first kappa shape index (κ1) is 17.4. The molecule has 0 unspecified atom stereocenters. The van der Waals surface area contributed by atoms with E-state index in [4.69, 9.17) is 0 Å². The third kappa shape index (κ3) is 4.75. The van der Waals surface area contributed by atoms with Gasteiger partial charge in [0.05, 0.1) is 6.54 Å². The van der Waals surface area contributed by atoms with Crippen LogP contribution >= 0.6 is 0 Å². The Kier molecular flexibility index (Phi) is 5.35. The molecule has 1 atom stereocenters. The normalized spacial score (nSPS) is 13.3. The number of rotatable bonds is 6. The van der Waals surface area contributed by atoms with Crippen LogP contribution in [-0.2, 0) is 25.7 Å². The minimum absolute atomic E-state index is 0.0490. The van der Waals surface area contributed by atoms with E-state index < -0.39 is 11.9 Å². The molecule has 0 amide bonds. The van der Waals surface area contributed by atoms with Gasteiger partial charge in [-0.15, -0.1) is 0 Å². The first-order chi connectivity index (χ1) is 10.8. The van der Waals surface area contributed by atoms with Crippen molar-refractivity contribution in [1.29, 1.82) is 0 Å². The second kappa shape index (κ2) is 7.08. The summed E-state index contributed by atoms with van der Waals surface area (Å²) in [5.41, 5.74) is -0.600. The van der Waals surface area contributed by atoms with Crippen LogP contribution in [0.2, 0.25) is 0 Å². The summed E-state index contributed by atoms with van der Waals surface area (Å²) in [6.07, 6.45) is 0.00330. The van der Waals surface area contributed by atoms with Crippen LogP contribution in [0.5, 0.6) is 0 Å². The Morgan fingerprint density at radius 2 is 2.04 bits per heavy atom. The summed E-state index contributed by atoms with van der Waals surface area (Å²) in [4.78, 5) is 11.9. The number of alkyl halides is 3. The Morgan fingerprint density at radius 3 is 2.70 bits per heavy atom. The van der Waals surface area contributed by atoms with Gasteiger partial charge in [-0.1, -0.05) is 6.92 Å². The van der Waals surface area contributed by atoms with Crippen molar-refractivity contribution in [3.8, 4) is 0 Å². The Morgan fingerprint density at radius 1 is 1.30 bits per heavy atom. The minimum atomic E-state index is -4.46. The molecule has 0 aromatic carbocycles. The van der Waals surface area contributed by atoms with Crippen LogP contribution in [-0.4, -0.2) is 25.6 Å². The van der Waals surface area contributed by atoms with Gasteiger partial charge in [-0.3, -0.25) is 0 Å². The van der Waals surface area contributed by atoms with Crippen LogP contribution in [0, 0.1) is 6.92 Å². The van der Waals surface area contributed by atoms with Gasteiger partial charge in [0.25, 0.3) is 0 Å². The van der Waals surface area contributed by atoms with E-state index in [-0.39, 0.29) is 18.4 Å². The molecule has 23 heavy (non-hydrogen) atoms. The lowest BCUT2D eigenvalue weighted by Gasteiger charge is -2.16. The highest BCUT2D eigenvalue weighted by molar-refractivity contribution is 5.13. The summed E-state index contributed by atoms with van der Waals surface area (Å²) in [6.45, 7) is 6.38. The van der Waals surface area contributed by atoms with E-state index in [1.807, 2.05) is 24.6 Å². The number of imidazole rings is 1. The fourth-order valence-electron chi connectivity index (χ4n) is 2.30. The Bertz CT molecular complexity index is 651. The number of aromatic nitrogens is 4. The predicted octanol–water partition coefficient (Wildman–Crippen LogP) is 2.74. The van der Waals surface area contributed by atoms with Crippen LogP contribution in [0.25, 0.3) is 0 Å². The van der Waals surface area contributed by atoms with Crippen LogP contribution in [0.15, 0.2) is 18.5 Å². The first-order valence-corrected chi connectivity index (χ1v) is 7.44. The van der Waals surface area contributed by atoms with Crippen molar-refractivity contribution < 1.29 is 13.2 Å². The summed E-state index contributed by atoms with van der Waals surface area (Å²) < 4.78 is 40.3. The molecule has 0 fully saturated rings. The van der Waals surface area contributed by atoms with Crippen molar-refractivity contribution in [3.05, 3.63) is 41.5 Å². The largest absolute Gasteiger partial charge is 0.433 e. The summed E-state index contributed by atoms with van der Waals surface area (Å²) >= 11 is 0. The maximum atomic E-state index is 12.8. The summed E-state index contributed by atoms with van der Waals surface area (Å²) in [7, 11) is 0. The molecule has 0 bridgehead atoms. The standard InChI is InChI=1S/C15H20F3N5/c1-4-14-19-5-6-23(14)9-11(3)20-8-13-21-10(2)7-12(22-13)15(16,17)18/h5-7,11,20H,4,8-9H2,1-3H3/t11-/m1/s1. The molecule has 2 aromatic heterocycles. The molecule has 0 spiro atoms. The SMILES string of the molecule is CCc1nccn1C[C@@H](C)NCc1nc(C)cc(C(F)(F)F)n1. The molecule has 126 valence electrons. The van der Waals surface area contributed by atoms with Gasteiger partial charge in [-0.2, -0.15) is 13.2 Å². The molecule has 1 N–H and O–H groups in total. The molecule has 2 rings (SSSR count). The van der Waals surface area contributed by atoms with Crippen molar-refractivity contribution in [2.75, 3.05) is 0 Å². The molecular weight excluding hydrogens is 307 g/mol. The zero-order valence-corrected chi connectivity index (χ0v) is 13.4. The Balaban J connectivity index is 1.99. The van der Waals surface area contributed by atoms with Crippen molar-refractivity contribution in [2.45, 2.75) is 52.5 Å². The molecule has 2 heterocycles. The molecule has 5 nitrogen and oxygen atoms in total. The van der Waals surface area contributed by atoms with E-state index in [0.29, 0.717) is 12.2 Å². The van der Waals surface area contributed by atoms with Crippen molar-refractivity contribution in [2.24, 2.45) is 0 Å². The van der Waals surface area contributed by atoms with Crippen molar-refractivity contribution >= 4 is 0 Å². The smallest absolute Gasteiger partial charge is 0.333 e. The molecule has 0 saturated carbocycles. The molecule has 0 radical (unpaired) electrons. The maximum Gasteiger partial charge on any atom is 0.433 e. The third-order valence-electron chi connectivity index (χ3n) is 3.39. The van der Waals surface area contributed by atoms with Gasteiger partial charge in [0.15, 0.2) is 0 Å². The van der Waals surface area contributed by atoms with E-state index in [1.54, 1.807) is 6.20 Å². The quantitative estimate of drug-likeness (QED) is 0.886. The number of nitrogens with zero attached hydrogens (tertiary/aromatic N) is 4. The fraction of sp³-hybridized carbons (Fsp3) is 0.533. The lowest BCUT2D eigenvalue weighted by Crippen LogP contribution is -2.31. The first-order valence-electron chi connectivity index (χ1n) is 7.44. The van der Waals surface area contributed by atoms with Gasteiger partial charge in [0.2, 0.25) is 0 Å².